The summed E-state index contributed by atoms with van der Waals surface area (Å²) in [6, 6.07) is 7.85. The third-order valence-corrected chi connectivity index (χ3v) is 7.80. The summed E-state index contributed by atoms with van der Waals surface area (Å²) in [7, 11) is -3.44. The Balaban J connectivity index is 1.87. The lowest BCUT2D eigenvalue weighted by Crippen LogP contribution is -2.48. The molecule has 138 valence electrons. The average Bonchev–Trinajstić information content (AvgIpc) is 3.01. The number of benzene rings is 1. The van der Waals surface area contributed by atoms with Gasteiger partial charge in [0.25, 0.3) is 0 Å². The first-order valence-corrected chi connectivity index (χ1v) is 11.0. The molecular weight excluding hydrogens is 361 g/mol. The standard InChI is InChI=1S/C18H25ClNO4P/c1-3-23-25(22,24-4-2)17-12-10-15-9-11-16(20(15)18(17)21)13-5-7-14(19)8-6-13/h5-8,15-17H,3-4,9-12H2,1-2H3/t15-,16-,17?/m0/s1. The van der Waals surface area contributed by atoms with Gasteiger partial charge in [-0.05, 0) is 57.2 Å². The minimum absolute atomic E-state index is 0.00858. The van der Waals surface area contributed by atoms with E-state index in [4.69, 9.17) is 20.6 Å². The molecule has 0 spiro atoms. The highest BCUT2D eigenvalue weighted by Crippen LogP contribution is 2.58. The van der Waals surface area contributed by atoms with E-state index in [1.54, 1.807) is 13.8 Å². The molecule has 0 N–H and O–H groups in total. The van der Waals surface area contributed by atoms with Crippen molar-refractivity contribution in [2.45, 2.75) is 57.3 Å². The largest absolute Gasteiger partial charge is 0.343 e. The number of hydrogen-bond acceptors (Lipinski definition) is 4. The summed E-state index contributed by atoms with van der Waals surface area (Å²) in [5.74, 6) is -0.0982. The average molecular weight is 386 g/mol. The Bertz CT molecular complexity index is 656. The zero-order chi connectivity index (χ0) is 18.0. The normalized spacial score (nSPS) is 26.8. The van der Waals surface area contributed by atoms with Crippen molar-refractivity contribution in [1.29, 1.82) is 0 Å². The fraction of sp³-hybridized carbons (Fsp3) is 0.611. The van der Waals surface area contributed by atoms with Crippen LogP contribution in [0.3, 0.4) is 0 Å². The highest BCUT2D eigenvalue weighted by atomic mass is 35.5. The van der Waals surface area contributed by atoms with Gasteiger partial charge in [0.1, 0.15) is 5.66 Å². The van der Waals surface area contributed by atoms with E-state index in [2.05, 4.69) is 0 Å². The summed E-state index contributed by atoms with van der Waals surface area (Å²) < 4.78 is 24.1. The van der Waals surface area contributed by atoms with E-state index in [0.29, 0.717) is 11.4 Å². The van der Waals surface area contributed by atoms with E-state index in [0.717, 1.165) is 24.8 Å². The predicted molar refractivity (Wildman–Crippen MR) is 97.9 cm³/mol. The summed E-state index contributed by atoms with van der Waals surface area (Å²) in [5.41, 5.74) is 0.375. The molecule has 2 heterocycles. The van der Waals surface area contributed by atoms with Gasteiger partial charge in [-0.25, -0.2) is 0 Å². The van der Waals surface area contributed by atoms with Crippen LogP contribution in [0.4, 0.5) is 0 Å². The molecule has 0 radical (unpaired) electrons. The fourth-order valence-corrected chi connectivity index (χ4v) is 6.18. The van der Waals surface area contributed by atoms with E-state index in [-0.39, 0.29) is 31.2 Å². The molecule has 2 aliphatic heterocycles. The van der Waals surface area contributed by atoms with Crippen molar-refractivity contribution in [1.82, 2.24) is 4.90 Å². The number of amides is 1. The molecule has 3 atom stereocenters. The van der Waals surface area contributed by atoms with Gasteiger partial charge >= 0.3 is 7.60 Å². The second-order valence-electron chi connectivity index (χ2n) is 6.51. The topological polar surface area (TPSA) is 55.8 Å². The Morgan fingerprint density at radius 3 is 2.28 bits per heavy atom. The SMILES string of the molecule is CCOP(=O)(OCC)C1CC[C@@H]2CC[C@@H](c3ccc(Cl)cc3)N2C1=O. The molecule has 5 nitrogen and oxygen atoms in total. The molecule has 0 aliphatic carbocycles. The summed E-state index contributed by atoms with van der Waals surface area (Å²) in [5, 5.41) is 0.679. The third-order valence-electron chi connectivity index (χ3n) is 5.07. The number of rotatable bonds is 6. The van der Waals surface area contributed by atoms with Gasteiger partial charge in [0.05, 0.1) is 19.3 Å². The van der Waals surface area contributed by atoms with Gasteiger partial charge in [0.15, 0.2) is 0 Å². The molecule has 1 aromatic carbocycles. The minimum Gasteiger partial charge on any atom is -0.332 e. The van der Waals surface area contributed by atoms with E-state index < -0.39 is 13.3 Å². The molecule has 1 aromatic rings. The van der Waals surface area contributed by atoms with E-state index in [1.165, 1.54) is 0 Å². The number of piperidine rings is 1. The second-order valence-corrected chi connectivity index (χ2v) is 9.17. The molecule has 25 heavy (non-hydrogen) atoms. The molecule has 2 saturated heterocycles. The minimum atomic E-state index is -3.44. The molecule has 0 aromatic heterocycles. The van der Waals surface area contributed by atoms with Crippen molar-refractivity contribution in [3.8, 4) is 0 Å². The van der Waals surface area contributed by atoms with Crippen molar-refractivity contribution in [2.75, 3.05) is 13.2 Å². The van der Waals surface area contributed by atoms with Crippen LogP contribution in [0.1, 0.15) is 51.1 Å². The maximum atomic E-state index is 13.2. The van der Waals surface area contributed by atoms with Gasteiger partial charge in [-0.15, -0.1) is 0 Å². The lowest BCUT2D eigenvalue weighted by molar-refractivity contribution is -0.137. The van der Waals surface area contributed by atoms with Crippen LogP contribution >= 0.6 is 19.2 Å². The highest BCUT2D eigenvalue weighted by molar-refractivity contribution is 7.55. The monoisotopic (exact) mass is 385 g/mol. The van der Waals surface area contributed by atoms with E-state index in [1.807, 2.05) is 29.2 Å². The third kappa shape index (κ3) is 3.66. The van der Waals surface area contributed by atoms with Crippen LogP contribution in [0.25, 0.3) is 0 Å². The van der Waals surface area contributed by atoms with Gasteiger partial charge in [0.2, 0.25) is 5.91 Å². The maximum Gasteiger partial charge on any atom is 0.343 e. The quantitative estimate of drug-likeness (QED) is 0.660. The lowest BCUT2D eigenvalue weighted by atomic mass is 10.0. The Morgan fingerprint density at radius 2 is 1.68 bits per heavy atom. The van der Waals surface area contributed by atoms with Crippen molar-refractivity contribution in [3.63, 3.8) is 0 Å². The molecule has 1 unspecified atom stereocenters. The number of fused-ring (bicyclic) bond motifs is 1. The van der Waals surface area contributed by atoms with Crippen LogP contribution in [0.15, 0.2) is 24.3 Å². The summed E-state index contributed by atoms with van der Waals surface area (Å²) in [6.07, 6.45) is 3.28. The summed E-state index contributed by atoms with van der Waals surface area (Å²) in [6.45, 7) is 4.08. The molecular formula is C18H25ClNO4P. The summed E-state index contributed by atoms with van der Waals surface area (Å²) >= 11 is 5.99. The lowest BCUT2D eigenvalue weighted by Gasteiger charge is -2.40. The van der Waals surface area contributed by atoms with E-state index in [9.17, 15) is 9.36 Å². The Hall–Kier alpha value is -0.870. The molecule has 7 heteroatoms. The summed E-state index contributed by atoms with van der Waals surface area (Å²) in [4.78, 5) is 15.1. The Morgan fingerprint density at radius 1 is 1.08 bits per heavy atom. The van der Waals surface area contributed by atoms with Crippen LogP contribution in [0, 0.1) is 0 Å². The first kappa shape index (κ1) is 18.9. The second kappa shape index (κ2) is 7.79. The molecule has 0 saturated carbocycles. The van der Waals surface area contributed by atoms with E-state index >= 15 is 0 Å². The Labute approximate surface area is 154 Å². The molecule has 0 bridgehead atoms. The number of halogens is 1. The van der Waals surface area contributed by atoms with Crippen molar-refractivity contribution in [2.24, 2.45) is 0 Å². The van der Waals surface area contributed by atoms with Gasteiger partial charge in [-0.3, -0.25) is 9.36 Å². The molecule has 3 rings (SSSR count). The van der Waals surface area contributed by atoms with Crippen molar-refractivity contribution < 1.29 is 18.4 Å². The van der Waals surface area contributed by atoms with Gasteiger partial charge < -0.3 is 13.9 Å². The van der Waals surface area contributed by atoms with Crippen LogP contribution in [0.5, 0.6) is 0 Å². The van der Waals surface area contributed by atoms with Crippen molar-refractivity contribution >= 4 is 25.1 Å². The highest BCUT2D eigenvalue weighted by Gasteiger charge is 2.51. The molecule has 1 amide bonds. The molecule has 2 fully saturated rings. The van der Waals surface area contributed by atoms with Crippen LogP contribution in [-0.4, -0.2) is 35.7 Å². The number of carbonyl (C=O) groups is 1. The molecule has 2 aliphatic rings. The number of carbonyl (C=O) groups excluding carboxylic acids is 1. The predicted octanol–water partition coefficient (Wildman–Crippen LogP) is 4.80. The van der Waals surface area contributed by atoms with Gasteiger partial charge in [-0.2, -0.15) is 0 Å². The van der Waals surface area contributed by atoms with Gasteiger partial charge in [-0.1, -0.05) is 23.7 Å². The zero-order valence-corrected chi connectivity index (χ0v) is 16.3. The van der Waals surface area contributed by atoms with Crippen LogP contribution < -0.4 is 0 Å². The van der Waals surface area contributed by atoms with Crippen LogP contribution in [0.2, 0.25) is 5.02 Å². The first-order chi connectivity index (χ1) is 12.0. The first-order valence-electron chi connectivity index (χ1n) is 8.96. The number of hydrogen-bond donors (Lipinski definition) is 0. The Kier molecular flexibility index (Phi) is 5.89. The zero-order valence-electron chi connectivity index (χ0n) is 14.7. The van der Waals surface area contributed by atoms with Gasteiger partial charge in [0, 0.05) is 11.1 Å². The van der Waals surface area contributed by atoms with Crippen molar-refractivity contribution in [3.05, 3.63) is 34.9 Å². The fourth-order valence-electron chi connectivity index (χ4n) is 4.03. The number of nitrogens with zero attached hydrogens (tertiary/aromatic N) is 1. The van der Waals surface area contributed by atoms with Crippen LogP contribution in [-0.2, 0) is 18.4 Å². The maximum absolute atomic E-state index is 13.2. The smallest absolute Gasteiger partial charge is 0.332 e.